The van der Waals surface area contributed by atoms with E-state index in [0.29, 0.717) is 22.5 Å². The first-order valence-electron chi connectivity index (χ1n) is 8.94. The van der Waals surface area contributed by atoms with Gasteiger partial charge in [0.2, 0.25) is 0 Å². The normalized spacial score (nSPS) is 16.6. The van der Waals surface area contributed by atoms with Crippen molar-refractivity contribution in [2.45, 2.75) is 19.4 Å². The van der Waals surface area contributed by atoms with E-state index in [9.17, 15) is 9.18 Å². The summed E-state index contributed by atoms with van der Waals surface area (Å²) in [5, 5.41) is 11.8. The number of ether oxygens (including phenoxy) is 1. The van der Waals surface area contributed by atoms with Crippen LogP contribution in [0.2, 0.25) is 0 Å². The summed E-state index contributed by atoms with van der Waals surface area (Å²) < 4.78 is 20.9. The highest BCUT2D eigenvalue weighted by molar-refractivity contribution is 5.98. The van der Waals surface area contributed by atoms with Crippen LogP contribution in [0.5, 0.6) is 0 Å². The van der Waals surface area contributed by atoms with Gasteiger partial charge in [0.25, 0.3) is 0 Å². The molecule has 3 heterocycles. The first kappa shape index (κ1) is 17.4. The summed E-state index contributed by atoms with van der Waals surface area (Å²) in [4.78, 5) is 16.3. The summed E-state index contributed by atoms with van der Waals surface area (Å²) in [5.41, 5.74) is 1.67. The molecule has 1 aliphatic rings. The molecule has 0 saturated carbocycles. The van der Waals surface area contributed by atoms with Gasteiger partial charge < -0.3 is 15.4 Å². The second-order valence-electron chi connectivity index (χ2n) is 6.37. The predicted molar refractivity (Wildman–Crippen MR) is 99.7 cm³/mol. The summed E-state index contributed by atoms with van der Waals surface area (Å²) in [7, 11) is 0. The molecule has 0 spiro atoms. The van der Waals surface area contributed by atoms with Gasteiger partial charge in [0, 0.05) is 18.1 Å². The highest BCUT2D eigenvalue weighted by Gasteiger charge is 2.22. The highest BCUT2D eigenvalue weighted by Crippen LogP contribution is 2.31. The van der Waals surface area contributed by atoms with E-state index in [1.165, 1.54) is 24.5 Å². The van der Waals surface area contributed by atoms with Crippen LogP contribution in [0.15, 0.2) is 36.7 Å². The molecular formula is C19H20FN5O2. The number of rotatable bonds is 5. The fourth-order valence-electron chi connectivity index (χ4n) is 3.34. The minimum atomic E-state index is -0.447. The molecule has 2 aromatic heterocycles. The molecule has 0 amide bonds. The van der Waals surface area contributed by atoms with Gasteiger partial charge in [-0.15, -0.1) is 0 Å². The fourth-order valence-corrected chi connectivity index (χ4v) is 3.34. The number of anilines is 2. The van der Waals surface area contributed by atoms with E-state index < -0.39 is 5.97 Å². The average Bonchev–Trinajstić information content (AvgIpc) is 3.31. The van der Waals surface area contributed by atoms with Crippen molar-refractivity contribution >= 4 is 28.4 Å². The predicted octanol–water partition coefficient (Wildman–Crippen LogP) is 3.03. The van der Waals surface area contributed by atoms with E-state index in [1.807, 2.05) is 4.68 Å². The van der Waals surface area contributed by atoms with Crippen LogP contribution in [0.1, 0.15) is 29.7 Å². The third kappa shape index (κ3) is 3.35. The molecule has 1 aromatic carbocycles. The van der Waals surface area contributed by atoms with Crippen LogP contribution in [-0.2, 0) is 4.74 Å². The third-order valence-corrected chi connectivity index (χ3v) is 4.62. The molecule has 1 saturated heterocycles. The molecule has 1 aliphatic heterocycles. The van der Waals surface area contributed by atoms with E-state index >= 15 is 0 Å². The number of hydrogen-bond acceptors (Lipinski definition) is 6. The van der Waals surface area contributed by atoms with Crippen LogP contribution in [0.4, 0.5) is 15.9 Å². The maximum absolute atomic E-state index is 13.9. The number of esters is 1. The van der Waals surface area contributed by atoms with Crippen molar-refractivity contribution in [1.29, 1.82) is 0 Å². The van der Waals surface area contributed by atoms with Gasteiger partial charge in [-0.05, 0) is 44.2 Å². The summed E-state index contributed by atoms with van der Waals surface area (Å²) in [6.07, 6.45) is 4.01. The quantitative estimate of drug-likeness (QED) is 0.673. The Morgan fingerprint density at radius 2 is 2.33 bits per heavy atom. The van der Waals surface area contributed by atoms with Crippen LogP contribution in [0.3, 0.4) is 0 Å². The SMILES string of the molecule is CCOC(=O)c1ccncc1Nc1nn(C2CCNC2)c2ccc(F)cc12. The Morgan fingerprint density at radius 3 is 3.11 bits per heavy atom. The van der Waals surface area contributed by atoms with Gasteiger partial charge in [-0.2, -0.15) is 5.10 Å². The molecule has 0 bridgehead atoms. The van der Waals surface area contributed by atoms with Crippen LogP contribution >= 0.6 is 0 Å². The second-order valence-corrected chi connectivity index (χ2v) is 6.37. The smallest absolute Gasteiger partial charge is 0.340 e. The van der Waals surface area contributed by atoms with Crippen molar-refractivity contribution in [2.24, 2.45) is 0 Å². The zero-order valence-corrected chi connectivity index (χ0v) is 14.9. The van der Waals surface area contributed by atoms with E-state index in [1.54, 1.807) is 19.1 Å². The van der Waals surface area contributed by atoms with Crippen molar-refractivity contribution in [1.82, 2.24) is 20.1 Å². The standard InChI is InChI=1S/C19H20FN5O2/c1-2-27-19(26)14-6-8-22-11-16(14)23-18-15-9-12(20)3-4-17(15)25(24-18)13-5-7-21-10-13/h3-4,6,8-9,11,13,21H,2,5,7,10H2,1H3,(H,23,24). The number of nitrogens with one attached hydrogen (secondary N) is 2. The molecule has 0 radical (unpaired) electrons. The summed E-state index contributed by atoms with van der Waals surface area (Å²) in [6, 6.07) is 6.40. The third-order valence-electron chi connectivity index (χ3n) is 4.62. The van der Waals surface area contributed by atoms with Gasteiger partial charge in [0.15, 0.2) is 5.82 Å². The molecule has 8 heteroatoms. The minimum Gasteiger partial charge on any atom is -0.462 e. The zero-order valence-electron chi connectivity index (χ0n) is 14.9. The van der Waals surface area contributed by atoms with Crippen molar-refractivity contribution in [2.75, 3.05) is 25.0 Å². The topological polar surface area (TPSA) is 81.1 Å². The minimum absolute atomic E-state index is 0.201. The summed E-state index contributed by atoms with van der Waals surface area (Å²) in [6.45, 7) is 3.76. The van der Waals surface area contributed by atoms with Crippen molar-refractivity contribution in [3.8, 4) is 0 Å². The van der Waals surface area contributed by atoms with Gasteiger partial charge >= 0.3 is 5.97 Å². The first-order valence-corrected chi connectivity index (χ1v) is 8.94. The summed E-state index contributed by atoms with van der Waals surface area (Å²) >= 11 is 0. The van der Waals surface area contributed by atoms with Crippen LogP contribution in [-0.4, -0.2) is 40.4 Å². The van der Waals surface area contributed by atoms with Gasteiger partial charge in [-0.3, -0.25) is 9.67 Å². The Hall–Kier alpha value is -3.00. The maximum atomic E-state index is 13.9. The Balaban J connectivity index is 1.77. The van der Waals surface area contributed by atoms with Gasteiger partial charge in [0.05, 0.1) is 35.6 Å². The Morgan fingerprint density at radius 1 is 1.44 bits per heavy atom. The number of pyridine rings is 1. The molecular weight excluding hydrogens is 349 g/mol. The maximum Gasteiger partial charge on any atom is 0.340 e. The number of benzene rings is 1. The van der Waals surface area contributed by atoms with Crippen molar-refractivity contribution < 1.29 is 13.9 Å². The molecule has 140 valence electrons. The number of fused-ring (bicyclic) bond motifs is 1. The number of nitrogens with zero attached hydrogens (tertiary/aromatic N) is 3. The van der Waals surface area contributed by atoms with E-state index in [4.69, 9.17) is 4.74 Å². The number of halogens is 1. The lowest BCUT2D eigenvalue weighted by Crippen LogP contribution is -2.14. The molecule has 1 unspecified atom stereocenters. The summed E-state index contributed by atoms with van der Waals surface area (Å²) in [5.74, 6) is -0.307. The number of carbonyl (C=O) groups excluding carboxylic acids is 1. The zero-order chi connectivity index (χ0) is 18.8. The van der Waals surface area contributed by atoms with Crippen LogP contribution in [0.25, 0.3) is 10.9 Å². The van der Waals surface area contributed by atoms with Gasteiger partial charge in [-0.1, -0.05) is 0 Å². The van der Waals surface area contributed by atoms with Crippen molar-refractivity contribution in [3.63, 3.8) is 0 Å². The van der Waals surface area contributed by atoms with E-state index in [0.717, 1.165) is 25.0 Å². The molecule has 27 heavy (non-hydrogen) atoms. The molecule has 1 fully saturated rings. The van der Waals surface area contributed by atoms with Crippen molar-refractivity contribution in [3.05, 3.63) is 48.0 Å². The molecule has 0 aliphatic carbocycles. The second kappa shape index (κ2) is 7.32. The highest BCUT2D eigenvalue weighted by atomic mass is 19.1. The average molecular weight is 369 g/mol. The van der Waals surface area contributed by atoms with Crippen LogP contribution < -0.4 is 10.6 Å². The molecule has 2 N–H and O–H groups in total. The van der Waals surface area contributed by atoms with Gasteiger partial charge in [-0.25, -0.2) is 9.18 Å². The Bertz CT molecular complexity index is 981. The first-order chi connectivity index (χ1) is 13.2. The molecule has 3 aromatic rings. The number of carbonyl (C=O) groups is 1. The Labute approximate surface area is 155 Å². The lowest BCUT2D eigenvalue weighted by Gasteiger charge is -2.10. The largest absolute Gasteiger partial charge is 0.462 e. The molecule has 1 atom stereocenters. The number of hydrogen-bond donors (Lipinski definition) is 2. The molecule has 4 rings (SSSR count). The van der Waals surface area contributed by atoms with E-state index in [-0.39, 0.29) is 18.5 Å². The monoisotopic (exact) mass is 369 g/mol. The van der Waals surface area contributed by atoms with Crippen LogP contribution in [0, 0.1) is 5.82 Å². The fraction of sp³-hybridized carbons (Fsp3) is 0.316. The number of aromatic nitrogens is 3. The lowest BCUT2D eigenvalue weighted by atomic mass is 10.2. The molecule has 7 nitrogen and oxygen atoms in total. The van der Waals surface area contributed by atoms with Gasteiger partial charge in [0.1, 0.15) is 5.82 Å². The van der Waals surface area contributed by atoms with E-state index in [2.05, 4.69) is 20.7 Å². The Kier molecular flexibility index (Phi) is 4.72. The lowest BCUT2D eigenvalue weighted by molar-refractivity contribution is 0.0527.